The van der Waals surface area contributed by atoms with E-state index in [-0.39, 0.29) is 141 Å². The Labute approximate surface area is 823 Å². The summed E-state index contributed by atoms with van der Waals surface area (Å²) in [4.78, 5) is 113. The predicted molar refractivity (Wildman–Crippen MR) is 518 cm³/mol. The van der Waals surface area contributed by atoms with Crippen LogP contribution in [0.1, 0.15) is 44.4 Å². The van der Waals surface area contributed by atoms with Crippen molar-refractivity contribution in [3.8, 4) is 11.8 Å². The number of nitrogens with zero attached hydrogens (tertiary/aromatic N) is 20. The van der Waals surface area contributed by atoms with E-state index in [9.17, 15) is 90.7 Å². The number of ether oxygens (including phenoxy) is 8. The van der Waals surface area contributed by atoms with Crippen molar-refractivity contribution in [1.29, 1.82) is 0 Å². The topological polar surface area (TPSA) is 792 Å². The fourth-order valence-electron chi connectivity index (χ4n) is 17.1. The molecule has 6 aromatic heterocycles. The van der Waals surface area contributed by atoms with Gasteiger partial charge in [-0.1, -0.05) is 77.1 Å². The second kappa shape index (κ2) is 46.9. The maximum absolute atomic E-state index is 12.5. The molecule has 0 spiro atoms. The Balaban J connectivity index is 0.000000172. The molecule has 21 atom stereocenters. The van der Waals surface area contributed by atoms with Crippen LogP contribution in [0.3, 0.4) is 0 Å². The van der Waals surface area contributed by atoms with Gasteiger partial charge in [0, 0.05) is 52.3 Å². The molecular weight excluding hydrogens is 1900 g/mol. The highest BCUT2D eigenvalue weighted by Crippen LogP contribution is 2.53. The standard InChI is InChI=1S/C19H28N6O7.C19H28N6O6.C19H23N5O8.C16H23N5O3.C14H19N5O4.CH2O/c1-5-7-24-10(3)25(17-14(28)13(27)11(8-26)32-17)15-12(24)16(22-18(20)21-15)31-9-23(4)19(29)30-6-2;1-5-6-24-9(4)25(15-12(24)16(28)23-19(21)22-15)17-14(27)13(26)10(31-17)7-30-18(29)11(20)8(2)3;1-4-5-23-9(3)24(17-14(27)13(26)10(6-25)31-17)15-12(23)16(22-18(20)21-15)29-7-11-8(2)30-19(28)32-11;1-4-5-20-9(3)21(11-6-10(7-22)13(23)14(11)24)15-12(20)8(2)18-16(17)19-15;1-3-4-18-7(2)19(12-8(18)5-16-14(15)17-12)13-11(22)10(21)9(6-20)23-13;1-2/h5,11,13-14,17,26-28H,1,3,6-9H2,2,4H3,(H2,20,21,22);5,8,10-11,13-14,17,26-27H,1,4,6-7,20H2,2-3H3,(H3,21,22,23,28);4,10,13-14,17,25-27H,1,3,5-7H2,2H3,(H2,20,21,22);4,10-11,13-14,22-24H,1,3,5-7H2,2H3,(H2,17,18,19);3,5,9-11,13,20-22H,1-2,4,6H2,(H2,15,16,17);1H2/t11-,13-,14-,17-;10-,11+,13-,14-,17-;10-,13-,14-,17-;10-,11-,13-,14+;9-,10-,11-,13-;/m11111./s1. The second-order valence-electron chi connectivity index (χ2n) is 33.7. The first-order valence-corrected chi connectivity index (χ1v) is 44.6. The molecule has 784 valence electrons. The van der Waals surface area contributed by atoms with Gasteiger partial charge in [0.15, 0.2) is 84.5 Å². The maximum Gasteiger partial charge on any atom is 0.519 e. The van der Waals surface area contributed by atoms with Gasteiger partial charge in [-0.2, -0.15) is 34.9 Å². The van der Waals surface area contributed by atoms with Crippen LogP contribution >= 0.6 is 0 Å². The van der Waals surface area contributed by atoms with E-state index < -0.39 is 172 Å². The van der Waals surface area contributed by atoms with Crippen molar-refractivity contribution >= 4 is 106 Å². The molecule has 144 heavy (non-hydrogen) atoms. The predicted octanol–water partition coefficient (Wildman–Crippen LogP) is -4.62. The highest BCUT2D eigenvalue weighted by Gasteiger charge is 2.57. The van der Waals surface area contributed by atoms with Gasteiger partial charge in [-0.05, 0) is 33.1 Å². The minimum Gasteiger partial charge on any atom is -0.468 e. The largest absolute Gasteiger partial charge is 0.519 e. The van der Waals surface area contributed by atoms with E-state index >= 15 is 0 Å². The van der Waals surface area contributed by atoms with E-state index in [2.05, 4.69) is 116 Å². The first-order valence-electron chi connectivity index (χ1n) is 44.6. The number of aryl methyl sites for hydroxylation is 2. The zero-order chi connectivity index (χ0) is 106. The molecule has 6 aromatic rings. The van der Waals surface area contributed by atoms with Crippen molar-refractivity contribution in [2.45, 2.75) is 170 Å². The average Bonchev–Trinajstić information content (AvgIpc) is 1.59. The van der Waals surface area contributed by atoms with Crippen LogP contribution in [0.2, 0.25) is 0 Å². The number of aromatic amines is 1. The molecule has 1 aliphatic carbocycles. The lowest BCUT2D eigenvalue weighted by Gasteiger charge is -2.30. The van der Waals surface area contributed by atoms with E-state index in [1.54, 1.807) is 88.8 Å². The van der Waals surface area contributed by atoms with Gasteiger partial charge in [-0.25, -0.2) is 19.6 Å². The van der Waals surface area contributed by atoms with E-state index in [1.807, 2.05) is 18.6 Å². The Morgan fingerprint density at radius 1 is 0.500 bits per heavy atom. The minimum atomic E-state index is -1.42. The number of aliphatic hydroxyl groups is 14. The summed E-state index contributed by atoms with van der Waals surface area (Å²) < 4.78 is 54.1. The molecule has 1 amide bonds. The molecule has 0 unspecified atom stereocenters. The van der Waals surface area contributed by atoms with Crippen molar-refractivity contribution < 1.29 is 133 Å². The summed E-state index contributed by atoms with van der Waals surface area (Å²) in [6.07, 6.45) is -11.3. The van der Waals surface area contributed by atoms with Crippen LogP contribution in [-0.2, 0) is 44.6 Å². The summed E-state index contributed by atoms with van der Waals surface area (Å²) in [5.74, 6) is 1.84. The lowest BCUT2D eigenvalue weighted by atomic mass is 10.1. The lowest BCUT2D eigenvalue weighted by molar-refractivity contribution is -0.151. The number of carbonyl (C=O) groups is 3. The number of amides is 1. The molecular formula is C88H123N27O29. The Hall–Kier alpha value is -14.1. The van der Waals surface area contributed by atoms with Crippen LogP contribution in [0.5, 0.6) is 11.8 Å². The number of nitrogens with two attached hydrogens (primary N) is 6. The van der Waals surface area contributed by atoms with Gasteiger partial charge in [0.2, 0.25) is 41.5 Å². The lowest BCUT2D eigenvalue weighted by Crippen LogP contribution is -2.44. The summed E-state index contributed by atoms with van der Waals surface area (Å²) in [7, 11) is 1.49. The molecule has 9 aliphatic heterocycles. The quantitative estimate of drug-likeness (QED) is 0.0115. The van der Waals surface area contributed by atoms with E-state index in [4.69, 9.17) is 85.9 Å². The number of anilines is 15. The van der Waals surface area contributed by atoms with Crippen LogP contribution in [0.25, 0.3) is 0 Å². The summed E-state index contributed by atoms with van der Waals surface area (Å²) in [5, 5.41) is 141. The molecule has 27 N–H and O–H groups in total. The fraction of sp³-hybridized carbons (Fsp3) is 0.477. The number of rotatable bonds is 30. The molecule has 4 saturated heterocycles. The molecule has 0 aromatic carbocycles. The van der Waals surface area contributed by atoms with E-state index in [1.165, 1.54) is 31.5 Å². The smallest absolute Gasteiger partial charge is 0.468 e. The van der Waals surface area contributed by atoms with Gasteiger partial charge in [-0.3, -0.25) is 39.1 Å². The van der Waals surface area contributed by atoms with Crippen molar-refractivity contribution in [2.75, 3.05) is 164 Å². The molecule has 10 aliphatic rings. The van der Waals surface area contributed by atoms with Crippen molar-refractivity contribution in [1.82, 2.24) is 54.7 Å². The number of H-pyrrole nitrogens is 1. The van der Waals surface area contributed by atoms with Gasteiger partial charge >= 0.3 is 17.9 Å². The summed E-state index contributed by atoms with van der Waals surface area (Å²) in [5.41, 5.74) is 37.2. The van der Waals surface area contributed by atoms with Crippen molar-refractivity contribution in [3.05, 3.63) is 170 Å². The third-order valence-electron chi connectivity index (χ3n) is 24.2. The Bertz CT molecular complexity index is 5840. The van der Waals surface area contributed by atoms with Crippen LogP contribution in [0, 0.1) is 25.7 Å². The zero-order valence-electron chi connectivity index (χ0n) is 79.6. The van der Waals surface area contributed by atoms with E-state index in [0.717, 1.165) is 5.69 Å². The molecule has 16 rings (SSSR count). The third kappa shape index (κ3) is 21.7. The highest BCUT2D eigenvalue weighted by atomic mass is 16.6. The molecule has 1 saturated carbocycles. The van der Waals surface area contributed by atoms with Gasteiger partial charge in [0.05, 0.1) is 50.5 Å². The number of fused-ring (bicyclic) bond motifs is 5. The number of aromatic nitrogens is 10. The number of esters is 1. The van der Waals surface area contributed by atoms with E-state index in [0.29, 0.717) is 77.2 Å². The molecule has 56 nitrogen and oxygen atoms in total. The number of aliphatic hydroxyl groups excluding tert-OH is 14. The highest BCUT2D eigenvalue weighted by molar-refractivity contribution is 5.87. The average molecular weight is 2020 g/mol. The van der Waals surface area contributed by atoms with Crippen LogP contribution in [0.15, 0.2) is 150 Å². The van der Waals surface area contributed by atoms with Gasteiger partial charge < -0.3 is 187 Å². The Morgan fingerprint density at radius 3 is 1.32 bits per heavy atom. The minimum absolute atomic E-state index is 0.0491. The normalized spacial score (nSPS) is 26.3. The number of nitrogen functional groups attached to an aromatic ring is 5. The van der Waals surface area contributed by atoms with Crippen molar-refractivity contribution in [3.63, 3.8) is 0 Å². The number of nitrogens with one attached hydrogen (secondary N) is 1. The summed E-state index contributed by atoms with van der Waals surface area (Å²) in [6.45, 7) is 49.1. The Morgan fingerprint density at radius 2 is 0.896 bits per heavy atom. The van der Waals surface area contributed by atoms with Gasteiger partial charge in [-0.15, -0.1) is 32.9 Å². The summed E-state index contributed by atoms with van der Waals surface area (Å²) >= 11 is 0. The first kappa shape index (κ1) is 110. The molecule has 0 radical (unpaired) electrons. The Kier molecular flexibility index (Phi) is 35.9. The van der Waals surface area contributed by atoms with Gasteiger partial charge in [0.1, 0.15) is 151 Å². The zero-order valence-corrected chi connectivity index (χ0v) is 79.6. The number of hydrogen-bond acceptors (Lipinski definition) is 54. The van der Waals surface area contributed by atoms with Crippen molar-refractivity contribution in [2.24, 2.45) is 17.6 Å². The molecule has 56 heteroatoms. The maximum atomic E-state index is 12.5. The van der Waals surface area contributed by atoms with Gasteiger partial charge in [0.25, 0.3) is 5.56 Å². The molecule has 5 fully saturated rings. The monoisotopic (exact) mass is 2020 g/mol. The third-order valence-corrected chi connectivity index (χ3v) is 24.2. The molecule has 0 bridgehead atoms. The SMILES string of the molecule is C=CCN1C(=C)N([C@@H]2C[C@H](CO)[C@@H](O)[C@H]2O)c2nc(N)nc(C)c21.C=CCN1C(=C)N([C@@H]2O[C@H](CO)[C@@H](O)[C@H]2O)c2nc(N)nc(OCN(C)C(=O)OCC)c21.C=CCN1C(=C)N([C@@H]2O[C@H](CO)[C@@H](O)[C@H]2O)c2nc(N)nc(OCc3oc(=O)oc3C)c21.C=CCN1C(=C)N([C@@H]2O[C@H](CO)[C@@H](O)[C@H]2O)c2nc(N)ncc21.C=CCN1C(=C)N([C@@H]2O[C@H](COC(=O)[C@@H](N)C(C)C)[C@@H](O)[C@H]2O)c2nc(N)[nH]c(=O)c21.C=O. The molecule has 15 heterocycles. The number of hydrogen-bond donors (Lipinski definition) is 21. The first-order chi connectivity index (χ1) is 68.5. The second-order valence-corrected chi connectivity index (χ2v) is 33.7. The fourth-order valence-corrected chi connectivity index (χ4v) is 17.1. The van der Waals surface area contributed by atoms with Crippen LogP contribution in [0.4, 0.5) is 92.1 Å². The number of carbonyl (C=O) groups excluding carboxylic acids is 3. The summed E-state index contributed by atoms with van der Waals surface area (Å²) in [6, 6.07) is -1.28. The van der Waals surface area contributed by atoms with Crippen LogP contribution < -0.4 is 104 Å². The van der Waals surface area contributed by atoms with Crippen LogP contribution in [-0.4, -0.2) is 354 Å².